The summed E-state index contributed by atoms with van der Waals surface area (Å²) >= 11 is 1.45. The first-order chi connectivity index (χ1) is 65.4. The van der Waals surface area contributed by atoms with E-state index in [1.54, 1.807) is 133 Å². The van der Waals surface area contributed by atoms with Crippen molar-refractivity contribution < 1.29 is 106 Å². The highest BCUT2D eigenvalue weighted by atomic mass is 32.2. The summed E-state index contributed by atoms with van der Waals surface area (Å²) < 4.78 is 0. The van der Waals surface area contributed by atoms with Gasteiger partial charge in [0.2, 0.25) is 112 Å². The number of amides is 19. The van der Waals surface area contributed by atoms with Crippen LogP contribution in [0.3, 0.4) is 0 Å². The van der Waals surface area contributed by atoms with Crippen molar-refractivity contribution in [2.45, 2.75) is 237 Å². The topological polar surface area (TPSA) is 675 Å². The third-order valence-electron chi connectivity index (χ3n) is 22.2. The molecule has 19 amide bonds. The molecule has 6 rings (SSSR count). The minimum atomic E-state index is -1.90. The predicted molar refractivity (Wildman–Crippen MR) is 510 cm³/mol. The van der Waals surface area contributed by atoms with Crippen LogP contribution in [0.2, 0.25) is 0 Å². The van der Waals surface area contributed by atoms with Gasteiger partial charge in [0.25, 0.3) is 0 Å². The van der Waals surface area contributed by atoms with Gasteiger partial charge in [0.1, 0.15) is 90.3 Å². The van der Waals surface area contributed by atoms with Crippen LogP contribution in [0.1, 0.15) is 143 Å². The minimum Gasteiger partial charge on any atom is -0.508 e. The summed E-state index contributed by atoms with van der Waals surface area (Å²) in [6, 6.07) is 9.79. The van der Waals surface area contributed by atoms with Crippen LogP contribution in [0.15, 0.2) is 115 Å². The van der Waals surface area contributed by atoms with Crippen molar-refractivity contribution in [2.75, 3.05) is 51.3 Å². The van der Waals surface area contributed by atoms with E-state index in [0.29, 0.717) is 34.4 Å². The molecule has 43 nitrogen and oxygen atoms in total. The number of rotatable bonds is 57. The number of benzene rings is 4. The van der Waals surface area contributed by atoms with Gasteiger partial charge in [0.15, 0.2) is 0 Å². The van der Waals surface area contributed by atoms with E-state index in [0.717, 1.165) is 10.9 Å². The molecule has 754 valence electrons. The first-order valence-corrected chi connectivity index (χ1v) is 47.3. The van der Waals surface area contributed by atoms with Gasteiger partial charge < -0.3 is 127 Å². The second-order valence-electron chi connectivity index (χ2n) is 35.8. The average molecular weight is 1940 g/mol. The van der Waals surface area contributed by atoms with Crippen LogP contribution in [0.25, 0.3) is 10.9 Å². The molecule has 1 aliphatic rings. The standard InChI is InChI=1S/C94H135N21O22S/c1-50(2)35-64(83(126)101-48-79(123)115-33-20-27-74(115)93(136)111-70(40-57-23-16-13-17-24-57)89(132)109-68(39-56-21-14-12-15-22-56)84(127)100-47-78(122)104-65(36-51(3)4)85(128)106-63(81(97)124)32-34-138-11)107-86(129)66(37-52(5)6)108-88(131)69(41-58-28-30-60(118)31-29-58)105-77(121)46-99-82(125)54(9)102-92(135)73(49-116)113-90(133)72(43-75(96)119)110-87(130)67(38-53(7)8)112-94(137)80(55(10)117)114-91(134)71(103-76(120)44-95)42-59-45-98-62-26-19-18-25-61(59)62/h12-19,21-26,28-31,45,50-55,63-74,80,98,116-118H,20,27,32-44,46-49,95H2,1-11H3,(H2,96,119)(H2,97,124)(H,99,125)(H,100,127)(H,101,126)(H,102,135)(H,103,120)(H,104,122)(H,105,121)(H,106,128)(H,107,129)(H,108,131)(H,109,132)(H,110,130)(H,111,136)(H,112,137)(H,113,133)(H,114,134)/t54-,55+,63-,64-,65-,66-,67-,68-,69-,70-,71-,72-,73-,74-,80-/m0/s1. The molecule has 1 aliphatic heterocycles. The number of aliphatic hydroxyl groups excluding tert-OH is 2. The highest BCUT2D eigenvalue weighted by Crippen LogP contribution is 2.23. The SMILES string of the molecule is CSCC[C@H](NC(=O)[C@H](CC(C)C)NC(=O)CNC(=O)[C@H](Cc1ccccc1)NC(=O)[C@H](Cc1ccccc1)NC(=O)[C@@H]1CCCN1C(=O)CNC(=O)[C@H](CC(C)C)NC(=O)[C@H](CC(C)C)NC(=O)[C@H](Cc1ccc(O)cc1)NC(=O)CNC(=O)[C@H](C)NC(=O)[C@H](CO)NC(=O)[C@H](CC(N)=O)NC(=O)[C@H](CC(C)C)NC(=O)[C@@H](NC(=O)[C@H](Cc1c[nH]c2ccccc12)NC(=O)CN)[C@@H](C)O)C(N)=O. The molecule has 1 saturated heterocycles. The van der Waals surface area contributed by atoms with Crippen LogP contribution in [-0.2, 0) is 117 Å². The van der Waals surface area contributed by atoms with Crippen molar-refractivity contribution in [1.82, 2.24) is 95.0 Å². The number of aromatic amines is 1. The first-order valence-electron chi connectivity index (χ1n) is 45.9. The zero-order chi connectivity index (χ0) is 102. The molecule has 0 unspecified atom stereocenters. The van der Waals surface area contributed by atoms with Crippen molar-refractivity contribution in [3.8, 4) is 5.75 Å². The Kier molecular flexibility index (Phi) is 46.5. The zero-order valence-corrected chi connectivity index (χ0v) is 80.4. The molecule has 0 radical (unpaired) electrons. The molecule has 2 heterocycles. The van der Waals surface area contributed by atoms with Crippen molar-refractivity contribution in [3.63, 3.8) is 0 Å². The fourth-order valence-corrected chi connectivity index (χ4v) is 15.6. The van der Waals surface area contributed by atoms with Gasteiger partial charge in [-0.3, -0.25) is 91.1 Å². The van der Waals surface area contributed by atoms with Crippen LogP contribution in [0.4, 0.5) is 0 Å². The Hall–Kier alpha value is -13.6. The van der Waals surface area contributed by atoms with E-state index in [9.17, 15) is 106 Å². The number of aromatic nitrogens is 1. The molecule has 0 aliphatic carbocycles. The number of hydrogen-bond donors (Lipinski definition) is 23. The number of carbonyl (C=O) groups excluding carboxylic acids is 19. The number of phenolic OH excluding ortho intramolecular Hbond substituents is 1. The fraction of sp³-hybridized carbons (Fsp3) is 0.521. The Bertz CT molecular complexity index is 5010. The zero-order valence-electron chi connectivity index (χ0n) is 79.6. The number of aromatic hydroxyl groups is 1. The number of fused-ring (bicyclic) bond motifs is 1. The van der Waals surface area contributed by atoms with E-state index in [1.807, 2.05) is 20.1 Å². The molecule has 0 saturated carbocycles. The number of hydrogen-bond acceptors (Lipinski definition) is 24. The molecule has 44 heteroatoms. The van der Waals surface area contributed by atoms with Crippen LogP contribution >= 0.6 is 11.8 Å². The number of nitrogens with two attached hydrogens (primary N) is 3. The summed E-state index contributed by atoms with van der Waals surface area (Å²) in [6.07, 6.45) is 1.13. The molecular weight excluding hydrogens is 1810 g/mol. The number of nitrogens with one attached hydrogen (secondary N) is 17. The summed E-state index contributed by atoms with van der Waals surface area (Å²) in [5, 5.41) is 72.6. The van der Waals surface area contributed by atoms with Crippen molar-refractivity contribution in [2.24, 2.45) is 40.9 Å². The lowest BCUT2D eigenvalue weighted by molar-refractivity contribution is -0.140. The maximum Gasteiger partial charge on any atom is 0.245 e. The van der Waals surface area contributed by atoms with Gasteiger partial charge in [0, 0.05) is 49.3 Å². The van der Waals surface area contributed by atoms with Crippen molar-refractivity contribution >= 4 is 135 Å². The Morgan fingerprint density at radius 2 is 0.826 bits per heavy atom. The number of aliphatic hydroxyl groups is 2. The van der Waals surface area contributed by atoms with E-state index in [-0.39, 0.29) is 100 Å². The van der Waals surface area contributed by atoms with Gasteiger partial charge >= 0.3 is 0 Å². The summed E-state index contributed by atoms with van der Waals surface area (Å²) in [5.41, 5.74) is 19.6. The fourth-order valence-electron chi connectivity index (χ4n) is 15.1. The van der Waals surface area contributed by atoms with Crippen molar-refractivity contribution in [1.29, 1.82) is 0 Å². The third-order valence-corrected chi connectivity index (χ3v) is 22.9. The van der Waals surface area contributed by atoms with E-state index in [4.69, 9.17) is 17.2 Å². The molecule has 5 aromatic rings. The predicted octanol–water partition coefficient (Wildman–Crippen LogP) is -3.56. The van der Waals surface area contributed by atoms with Crippen LogP contribution in [0.5, 0.6) is 5.75 Å². The smallest absolute Gasteiger partial charge is 0.245 e. The Morgan fingerprint density at radius 3 is 1.33 bits per heavy atom. The number of H-pyrrole nitrogens is 1. The van der Waals surface area contributed by atoms with Gasteiger partial charge in [-0.1, -0.05) is 146 Å². The van der Waals surface area contributed by atoms with E-state index < -0.39 is 242 Å². The molecule has 1 aromatic heterocycles. The molecule has 0 bridgehead atoms. The first kappa shape index (κ1) is 113. The molecule has 0 spiro atoms. The summed E-state index contributed by atoms with van der Waals surface area (Å²) in [5.74, 6) is -17.8. The maximum absolute atomic E-state index is 14.7. The molecular formula is C94H135N21O22S. The second kappa shape index (κ2) is 56.8. The number of para-hydroxylation sites is 1. The molecule has 15 atom stereocenters. The number of phenols is 1. The maximum atomic E-state index is 14.7. The molecule has 138 heavy (non-hydrogen) atoms. The van der Waals surface area contributed by atoms with Crippen LogP contribution in [0, 0.1) is 23.7 Å². The lowest BCUT2D eigenvalue weighted by atomic mass is 9.99. The van der Waals surface area contributed by atoms with Gasteiger partial charge in [-0.05, 0) is 135 Å². The largest absolute Gasteiger partial charge is 0.508 e. The summed E-state index contributed by atoms with van der Waals surface area (Å²) in [7, 11) is 0. The number of primary amides is 2. The van der Waals surface area contributed by atoms with Gasteiger partial charge in [-0.25, -0.2) is 0 Å². The van der Waals surface area contributed by atoms with E-state index >= 15 is 0 Å². The lowest BCUT2D eigenvalue weighted by Gasteiger charge is -2.28. The quantitative estimate of drug-likeness (QED) is 0.0179. The van der Waals surface area contributed by atoms with E-state index in [1.165, 1.54) is 54.8 Å². The summed E-state index contributed by atoms with van der Waals surface area (Å²) in [4.78, 5) is 267. The van der Waals surface area contributed by atoms with E-state index in [2.05, 4.69) is 90.1 Å². The van der Waals surface area contributed by atoms with Gasteiger partial charge in [0.05, 0.1) is 45.3 Å². The van der Waals surface area contributed by atoms with Crippen molar-refractivity contribution in [3.05, 3.63) is 138 Å². The Labute approximate surface area is 804 Å². The monoisotopic (exact) mass is 1940 g/mol. The lowest BCUT2D eigenvalue weighted by Crippen LogP contribution is -2.62. The second-order valence-corrected chi connectivity index (χ2v) is 36.8. The van der Waals surface area contributed by atoms with Crippen LogP contribution < -0.4 is 102 Å². The number of thioether (sulfide) groups is 1. The number of nitrogens with zero attached hydrogens (tertiary/aromatic N) is 1. The number of carbonyl (C=O) groups is 19. The molecule has 4 aromatic carbocycles. The van der Waals surface area contributed by atoms with Crippen LogP contribution in [-0.4, -0.2) is 279 Å². The third kappa shape index (κ3) is 38.2. The summed E-state index contributed by atoms with van der Waals surface area (Å²) in [6.45, 7) is 12.6. The molecule has 26 N–H and O–H groups in total. The normalized spacial score (nSPS) is 15.4. The highest BCUT2D eigenvalue weighted by molar-refractivity contribution is 7.98. The Balaban J connectivity index is 1.07. The molecule has 1 fully saturated rings. The minimum absolute atomic E-state index is 0.00585. The van der Waals surface area contributed by atoms with Gasteiger partial charge in [-0.2, -0.15) is 11.8 Å². The average Bonchev–Trinajstić information content (AvgIpc) is 1.66. The Morgan fingerprint density at radius 1 is 0.428 bits per heavy atom. The number of likely N-dealkylation sites (tertiary alicyclic amines) is 1. The van der Waals surface area contributed by atoms with Gasteiger partial charge in [-0.15, -0.1) is 0 Å². The highest BCUT2D eigenvalue weighted by Gasteiger charge is 2.41.